The summed E-state index contributed by atoms with van der Waals surface area (Å²) < 4.78 is 0. The summed E-state index contributed by atoms with van der Waals surface area (Å²) in [7, 11) is 1.60. The van der Waals surface area contributed by atoms with Crippen molar-refractivity contribution in [2.24, 2.45) is 0 Å². The van der Waals surface area contributed by atoms with E-state index in [9.17, 15) is 9.59 Å². The maximum Gasteiger partial charge on any atom is 0.327 e. The fourth-order valence-corrected chi connectivity index (χ4v) is 4.61. The number of hydrogen-bond acceptors (Lipinski definition) is 5. The van der Waals surface area contributed by atoms with Crippen molar-refractivity contribution in [3.63, 3.8) is 0 Å². The topological polar surface area (TPSA) is 56.8 Å². The molecule has 0 radical (unpaired) electrons. The molecule has 3 heterocycles. The summed E-state index contributed by atoms with van der Waals surface area (Å²) in [5, 5.41) is 3.07. The fourth-order valence-electron chi connectivity index (χ4n) is 3.95. The number of likely N-dealkylation sites (N-methyl/N-ethyl adjacent to an activating group) is 1. The van der Waals surface area contributed by atoms with E-state index < -0.39 is 5.54 Å². The zero-order valence-electron chi connectivity index (χ0n) is 14.8. The molecular weight excluding hydrogens is 348 g/mol. The van der Waals surface area contributed by atoms with E-state index >= 15 is 0 Å². The molecule has 1 aromatic carbocycles. The molecule has 1 spiro atoms. The van der Waals surface area contributed by atoms with Crippen LogP contribution in [0.3, 0.4) is 0 Å². The fraction of sp³-hybridized carbons (Fsp3) is 0.421. The van der Waals surface area contributed by atoms with Crippen molar-refractivity contribution in [2.45, 2.75) is 31.5 Å². The Morgan fingerprint density at radius 2 is 1.85 bits per heavy atom. The van der Waals surface area contributed by atoms with E-state index in [2.05, 4.69) is 9.88 Å². The van der Waals surface area contributed by atoms with Gasteiger partial charge in [0.25, 0.3) is 5.91 Å². The van der Waals surface area contributed by atoms with E-state index in [1.807, 2.05) is 41.9 Å². The first-order valence-corrected chi connectivity index (χ1v) is 9.72. The first kappa shape index (κ1) is 17.2. The van der Waals surface area contributed by atoms with Crippen LogP contribution in [-0.4, -0.2) is 57.3 Å². The summed E-state index contributed by atoms with van der Waals surface area (Å²) in [5.74, 6) is -0.0627. The Bertz CT molecular complexity index is 785. The third-order valence-corrected chi connectivity index (χ3v) is 6.21. The smallest absolute Gasteiger partial charge is 0.305 e. The number of likely N-dealkylation sites (tertiary alicyclic amines) is 1. The molecule has 4 rings (SSSR count). The number of imide groups is 1. The number of thiazole rings is 1. The number of nitrogens with zero attached hydrogens (tertiary/aromatic N) is 4. The number of benzene rings is 1. The SMILES string of the molecule is CN1C(=O)N(Cc2ccccc2)C2(CCN(Cc3nccs3)CC2)C1=O. The predicted molar refractivity (Wildman–Crippen MR) is 99.5 cm³/mol. The molecule has 136 valence electrons. The number of hydrogen-bond donors (Lipinski definition) is 0. The molecule has 26 heavy (non-hydrogen) atoms. The number of aromatic nitrogens is 1. The van der Waals surface area contributed by atoms with E-state index in [0.717, 1.165) is 30.2 Å². The molecule has 0 atom stereocenters. The van der Waals surface area contributed by atoms with Crippen LogP contribution < -0.4 is 0 Å². The minimum Gasteiger partial charge on any atom is -0.305 e. The lowest BCUT2D eigenvalue weighted by atomic mass is 9.85. The molecule has 0 saturated carbocycles. The van der Waals surface area contributed by atoms with Crippen molar-refractivity contribution < 1.29 is 9.59 Å². The van der Waals surface area contributed by atoms with Crippen molar-refractivity contribution in [1.29, 1.82) is 0 Å². The van der Waals surface area contributed by atoms with Gasteiger partial charge < -0.3 is 4.90 Å². The normalized spacial score (nSPS) is 20.3. The Hall–Kier alpha value is -2.25. The van der Waals surface area contributed by atoms with Gasteiger partial charge in [-0.25, -0.2) is 9.78 Å². The molecule has 0 unspecified atom stereocenters. The van der Waals surface area contributed by atoms with Gasteiger partial charge in [0.05, 0.1) is 6.54 Å². The van der Waals surface area contributed by atoms with Gasteiger partial charge in [-0.2, -0.15) is 0 Å². The Morgan fingerprint density at radius 1 is 1.12 bits per heavy atom. The second-order valence-corrected chi connectivity index (χ2v) is 7.93. The van der Waals surface area contributed by atoms with Crippen molar-refractivity contribution in [3.05, 3.63) is 52.5 Å². The van der Waals surface area contributed by atoms with Gasteiger partial charge in [0.15, 0.2) is 0 Å². The third kappa shape index (κ3) is 2.91. The maximum absolute atomic E-state index is 13.0. The van der Waals surface area contributed by atoms with Gasteiger partial charge in [-0.15, -0.1) is 11.3 Å². The Kier molecular flexibility index (Phi) is 4.50. The molecule has 2 fully saturated rings. The highest BCUT2D eigenvalue weighted by Gasteiger charge is 2.56. The van der Waals surface area contributed by atoms with E-state index in [1.165, 1.54) is 4.90 Å². The number of urea groups is 1. The highest BCUT2D eigenvalue weighted by molar-refractivity contribution is 7.09. The van der Waals surface area contributed by atoms with Crippen molar-refractivity contribution in [1.82, 2.24) is 19.7 Å². The van der Waals surface area contributed by atoms with Gasteiger partial charge in [-0.3, -0.25) is 14.6 Å². The van der Waals surface area contributed by atoms with E-state index in [0.29, 0.717) is 19.4 Å². The largest absolute Gasteiger partial charge is 0.327 e. The predicted octanol–water partition coefficient (Wildman–Crippen LogP) is 2.57. The molecule has 7 heteroatoms. The molecule has 3 amide bonds. The molecule has 2 aliphatic rings. The standard InChI is InChI=1S/C19H22N4O2S/c1-21-17(24)19(23(18(21)25)13-15-5-3-2-4-6-15)7-10-22(11-8-19)14-16-20-9-12-26-16/h2-6,9,12H,7-8,10-11,13-14H2,1H3. The average molecular weight is 370 g/mol. The van der Waals surface area contributed by atoms with Gasteiger partial charge in [0.2, 0.25) is 0 Å². The Morgan fingerprint density at radius 3 is 2.50 bits per heavy atom. The van der Waals surface area contributed by atoms with E-state index in [-0.39, 0.29) is 11.9 Å². The molecule has 2 saturated heterocycles. The van der Waals surface area contributed by atoms with Gasteiger partial charge >= 0.3 is 6.03 Å². The number of amides is 3. The number of piperidine rings is 1. The zero-order chi connectivity index (χ0) is 18.1. The summed E-state index contributed by atoms with van der Waals surface area (Å²) in [4.78, 5) is 35.4. The van der Waals surface area contributed by atoms with Crippen LogP contribution in [0.4, 0.5) is 4.79 Å². The second kappa shape index (κ2) is 6.81. The first-order chi connectivity index (χ1) is 12.6. The van der Waals surface area contributed by atoms with Gasteiger partial charge in [0.1, 0.15) is 10.5 Å². The third-order valence-electron chi connectivity index (χ3n) is 5.45. The molecule has 0 aliphatic carbocycles. The monoisotopic (exact) mass is 370 g/mol. The summed E-state index contributed by atoms with van der Waals surface area (Å²) in [6.07, 6.45) is 3.15. The van der Waals surface area contributed by atoms with Gasteiger partial charge in [-0.1, -0.05) is 30.3 Å². The quantitative estimate of drug-likeness (QED) is 0.776. The van der Waals surface area contributed by atoms with E-state index in [4.69, 9.17) is 0 Å². The lowest BCUT2D eigenvalue weighted by molar-refractivity contribution is -0.135. The first-order valence-electron chi connectivity index (χ1n) is 8.84. The van der Waals surface area contributed by atoms with E-state index in [1.54, 1.807) is 23.3 Å². The highest BCUT2D eigenvalue weighted by atomic mass is 32.1. The number of carbonyl (C=O) groups is 2. The molecule has 2 aromatic rings. The Balaban J connectivity index is 1.52. The summed E-state index contributed by atoms with van der Waals surface area (Å²) in [6.45, 7) is 2.86. The zero-order valence-corrected chi connectivity index (χ0v) is 15.6. The molecule has 6 nitrogen and oxygen atoms in total. The van der Waals surface area contributed by atoms with Crippen LogP contribution in [0, 0.1) is 0 Å². The van der Waals surface area contributed by atoms with Crippen molar-refractivity contribution in [3.8, 4) is 0 Å². The van der Waals surface area contributed by atoms with Crippen LogP contribution in [0.2, 0.25) is 0 Å². The second-order valence-electron chi connectivity index (χ2n) is 6.95. The van der Waals surface area contributed by atoms with Crippen LogP contribution in [-0.2, 0) is 17.9 Å². The van der Waals surface area contributed by atoms with Crippen LogP contribution in [0.1, 0.15) is 23.4 Å². The average Bonchev–Trinajstić information content (AvgIpc) is 3.24. The summed E-state index contributed by atoms with van der Waals surface area (Å²) >= 11 is 1.65. The highest BCUT2D eigenvalue weighted by Crippen LogP contribution is 2.38. The molecule has 0 N–H and O–H groups in total. The number of carbonyl (C=O) groups excluding carboxylic acids is 2. The van der Waals surface area contributed by atoms with Crippen LogP contribution in [0.15, 0.2) is 41.9 Å². The van der Waals surface area contributed by atoms with Crippen LogP contribution in [0.5, 0.6) is 0 Å². The molecule has 1 aromatic heterocycles. The van der Waals surface area contributed by atoms with Gasteiger partial charge in [0, 0.05) is 38.3 Å². The molecule has 2 aliphatic heterocycles. The van der Waals surface area contributed by atoms with Gasteiger partial charge in [-0.05, 0) is 18.4 Å². The molecular formula is C19H22N4O2S. The lowest BCUT2D eigenvalue weighted by Gasteiger charge is -2.42. The van der Waals surface area contributed by atoms with Crippen LogP contribution >= 0.6 is 11.3 Å². The summed E-state index contributed by atoms with van der Waals surface area (Å²) in [5.41, 5.74) is 0.342. The summed E-state index contributed by atoms with van der Waals surface area (Å²) in [6, 6.07) is 9.70. The maximum atomic E-state index is 13.0. The number of rotatable bonds is 4. The van der Waals surface area contributed by atoms with Crippen molar-refractivity contribution >= 4 is 23.3 Å². The minimum absolute atomic E-state index is 0.0627. The lowest BCUT2D eigenvalue weighted by Crippen LogP contribution is -2.56. The van der Waals surface area contributed by atoms with Crippen LogP contribution in [0.25, 0.3) is 0 Å². The molecule has 0 bridgehead atoms. The van der Waals surface area contributed by atoms with Crippen molar-refractivity contribution in [2.75, 3.05) is 20.1 Å². The Labute approximate surface area is 157 Å². The minimum atomic E-state index is -0.707.